The summed E-state index contributed by atoms with van der Waals surface area (Å²) in [5.41, 5.74) is 4.93. The maximum atomic E-state index is 11.8. The number of hydrogen-bond donors (Lipinski definition) is 3. The molecule has 0 bridgehead atoms. The maximum Gasteiger partial charge on any atom is 0.326 e. The molecule has 0 heterocycles. The van der Waals surface area contributed by atoms with Gasteiger partial charge in [-0.05, 0) is 13.8 Å². The van der Waals surface area contributed by atoms with Gasteiger partial charge in [0.15, 0.2) is 0 Å². The quantitative estimate of drug-likeness (QED) is 0.484. The highest BCUT2D eigenvalue weighted by molar-refractivity contribution is 5.87. The molecule has 0 rings (SSSR count). The second kappa shape index (κ2) is 9.15. The Labute approximate surface area is 111 Å². The van der Waals surface area contributed by atoms with Gasteiger partial charge in [0.25, 0.3) is 0 Å². The van der Waals surface area contributed by atoms with Crippen molar-refractivity contribution in [1.29, 1.82) is 0 Å². The van der Waals surface area contributed by atoms with Crippen molar-refractivity contribution in [1.82, 2.24) is 10.2 Å². The van der Waals surface area contributed by atoms with Gasteiger partial charge in [-0.2, -0.15) is 0 Å². The molecule has 0 saturated carbocycles. The predicted octanol–water partition coefficient (Wildman–Crippen LogP) is -0.617. The molecule has 8 nitrogen and oxygen atoms in total. The van der Waals surface area contributed by atoms with Gasteiger partial charge in [0, 0.05) is 19.7 Å². The Kier molecular flexibility index (Phi) is 8.27. The van der Waals surface area contributed by atoms with E-state index in [2.05, 4.69) is 5.32 Å². The van der Waals surface area contributed by atoms with Crippen molar-refractivity contribution in [2.75, 3.05) is 26.3 Å². The minimum atomic E-state index is -1.31. The summed E-state index contributed by atoms with van der Waals surface area (Å²) in [6, 6.07) is -1.87. The first-order valence-corrected chi connectivity index (χ1v) is 6.06. The molecule has 0 radical (unpaired) electrons. The largest absolute Gasteiger partial charge is 0.480 e. The molecule has 0 aliphatic carbocycles. The first-order valence-electron chi connectivity index (χ1n) is 6.06. The van der Waals surface area contributed by atoms with Gasteiger partial charge in [-0.25, -0.2) is 9.59 Å². The monoisotopic (exact) mass is 275 g/mol. The van der Waals surface area contributed by atoms with Crippen LogP contribution in [0, 0.1) is 0 Å². The number of urea groups is 1. The molecule has 0 fully saturated rings. The number of likely N-dealkylation sites (N-methyl/N-ethyl adjacent to an activating group) is 1. The molecule has 0 aromatic rings. The van der Waals surface area contributed by atoms with E-state index in [9.17, 15) is 14.4 Å². The Balaban J connectivity index is 4.41. The third-order valence-corrected chi connectivity index (χ3v) is 2.38. The summed E-state index contributed by atoms with van der Waals surface area (Å²) in [4.78, 5) is 34.8. The third-order valence-electron chi connectivity index (χ3n) is 2.38. The summed E-state index contributed by atoms with van der Waals surface area (Å²) in [5.74, 6) is -2.09. The second-order valence-corrected chi connectivity index (χ2v) is 3.79. The summed E-state index contributed by atoms with van der Waals surface area (Å²) in [6.07, 6.45) is -0.440. The lowest BCUT2D eigenvalue weighted by molar-refractivity contribution is -0.140. The number of nitrogens with one attached hydrogen (secondary N) is 1. The number of aliphatic carboxylic acids is 1. The van der Waals surface area contributed by atoms with Crippen molar-refractivity contribution < 1.29 is 24.2 Å². The number of rotatable bonds is 9. The van der Waals surface area contributed by atoms with Crippen LogP contribution in [0.2, 0.25) is 0 Å². The molecule has 3 amide bonds. The van der Waals surface area contributed by atoms with Gasteiger partial charge in [-0.15, -0.1) is 0 Å². The SMILES string of the molecule is CCOCCN(CC)C(=O)N[C@H](CC(N)=O)C(=O)O. The van der Waals surface area contributed by atoms with Gasteiger partial charge < -0.3 is 25.8 Å². The summed E-state index contributed by atoms with van der Waals surface area (Å²) in [6.45, 7) is 5.25. The van der Waals surface area contributed by atoms with Crippen LogP contribution in [0.1, 0.15) is 20.3 Å². The highest BCUT2D eigenvalue weighted by Crippen LogP contribution is 1.96. The molecule has 0 saturated heterocycles. The second-order valence-electron chi connectivity index (χ2n) is 3.79. The van der Waals surface area contributed by atoms with E-state index in [4.69, 9.17) is 15.6 Å². The molecule has 0 aromatic carbocycles. The highest BCUT2D eigenvalue weighted by Gasteiger charge is 2.24. The molecule has 0 aliphatic rings. The molecule has 110 valence electrons. The number of primary amides is 1. The number of nitrogens with zero attached hydrogens (tertiary/aromatic N) is 1. The number of hydrogen-bond acceptors (Lipinski definition) is 4. The van der Waals surface area contributed by atoms with E-state index in [-0.39, 0.29) is 0 Å². The standard InChI is InChI=1S/C11H21N3O5/c1-3-14(5-6-19-4-2)11(18)13-8(10(16)17)7-9(12)15/h8H,3-7H2,1-2H3,(H2,12,15)(H,13,18)(H,16,17)/t8-/m1/s1. The van der Waals surface area contributed by atoms with Crippen LogP contribution in [0.4, 0.5) is 4.79 Å². The van der Waals surface area contributed by atoms with Gasteiger partial charge in [0.1, 0.15) is 6.04 Å². The van der Waals surface area contributed by atoms with E-state index in [0.29, 0.717) is 26.3 Å². The van der Waals surface area contributed by atoms with Crippen molar-refractivity contribution >= 4 is 17.9 Å². The van der Waals surface area contributed by atoms with E-state index in [1.807, 2.05) is 6.92 Å². The summed E-state index contributed by atoms with van der Waals surface area (Å²) >= 11 is 0. The van der Waals surface area contributed by atoms with Crippen LogP contribution >= 0.6 is 0 Å². The molecule has 8 heteroatoms. The van der Waals surface area contributed by atoms with E-state index in [1.54, 1.807) is 6.92 Å². The van der Waals surface area contributed by atoms with Crippen LogP contribution in [0.3, 0.4) is 0 Å². The normalized spacial score (nSPS) is 11.7. The maximum absolute atomic E-state index is 11.8. The first kappa shape index (κ1) is 17.2. The smallest absolute Gasteiger partial charge is 0.326 e. The number of carbonyl (C=O) groups excluding carboxylic acids is 2. The van der Waals surface area contributed by atoms with Crippen LogP contribution in [-0.4, -0.2) is 60.3 Å². The number of carboxylic acids is 1. The Hall–Kier alpha value is -1.83. The lowest BCUT2D eigenvalue weighted by atomic mass is 10.2. The van der Waals surface area contributed by atoms with Crippen LogP contribution in [-0.2, 0) is 14.3 Å². The van der Waals surface area contributed by atoms with Crippen molar-refractivity contribution in [3.8, 4) is 0 Å². The number of carbonyl (C=O) groups is 3. The number of nitrogens with two attached hydrogens (primary N) is 1. The van der Waals surface area contributed by atoms with Crippen LogP contribution in [0.25, 0.3) is 0 Å². The Morgan fingerprint density at radius 3 is 2.42 bits per heavy atom. The predicted molar refractivity (Wildman–Crippen MR) is 67.5 cm³/mol. The lowest BCUT2D eigenvalue weighted by Crippen LogP contribution is -2.50. The minimum absolute atomic E-state index is 0.346. The molecule has 0 aliphatic heterocycles. The Morgan fingerprint density at radius 1 is 1.37 bits per heavy atom. The van der Waals surface area contributed by atoms with Gasteiger partial charge >= 0.3 is 12.0 Å². The van der Waals surface area contributed by atoms with Crippen LogP contribution < -0.4 is 11.1 Å². The fraction of sp³-hybridized carbons (Fsp3) is 0.727. The molecule has 1 atom stereocenters. The Bertz CT molecular complexity index is 321. The number of ether oxygens (including phenoxy) is 1. The van der Waals surface area contributed by atoms with Gasteiger partial charge in [-0.3, -0.25) is 4.79 Å². The zero-order valence-electron chi connectivity index (χ0n) is 11.2. The van der Waals surface area contributed by atoms with Gasteiger partial charge in [0.2, 0.25) is 5.91 Å². The molecule has 19 heavy (non-hydrogen) atoms. The lowest BCUT2D eigenvalue weighted by Gasteiger charge is -2.23. The van der Waals surface area contributed by atoms with E-state index in [0.717, 1.165) is 0 Å². The average molecular weight is 275 g/mol. The van der Waals surface area contributed by atoms with Crippen LogP contribution in [0.15, 0.2) is 0 Å². The van der Waals surface area contributed by atoms with Gasteiger partial charge in [-0.1, -0.05) is 0 Å². The van der Waals surface area contributed by atoms with Crippen molar-refractivity contribution in [3.05, 3.63) is 0 Å². The number of amides is 3. The zero-order valence-corrected chi connectivity index (χ0v) is 11.2. The molecule has 0 unspecified atom stereocenters. The van der Waals surface area contributed by atoms with Gasteiger partial charge in [0.05, 0.1) is 13.0 Å². The van der Waals surface area contributed by atoms with E-state index < -0.39 is 30.4 Å². The molecular weight excluding hydrogens is 254 g/mol. The van der Waals surface area contributed by atoms with Crippen LogP contribution in [0.5, 0.6) is 0 Å². The van der Waals surface area contributed by atoms with E-state index in [1.165, 1.54) is 4.90 Å². The van der Waals surface area contributed by atoms with Crippen molar-refractivity contribution in [2.24, 2.45) is 5.73 Å². The fourth-order valence-corrected chi connectivity index (χ4v) is 1.36. The summed E-state index contributed by atoms with van der Waals surface area (Å²) < 4.78 is 5.12. The topological polar surface area (TPSA) is 122 Å². The molecule has 0 spiro atoms. The highest BCUT2D eigenvalue weighted by atomic mass is 16.5. The molecular formula is C11H21N3O5. The van der Waals surface area contributed by atoms with E-state index >= 15 is 0 Å². The van der Waals surface area contributed by atoms with Crippen molar-refractivity contribution in [3.63, 3.8) is 0 Å². The summed E-state index contributed by atoms with van der Waals surface area (Å²) in [7, 11) is 0. The van der Waals surface area contributed by atoms with Crippen molar-refractivity contribution in [2.45, 2.75) is 26.3 Å². The first-order chi connectivity index (χ1) is 8.92. The minimum Gasteiger partial charge on any atom is -0.480 e. The average Bonchev–Trinajstić information content (AvgIpc) is 2.33. The fourth-order valence-electron chi connectivity index (χ4n) is 1.36. The molecule has 4 N–H and O–H groups in total. The molecule has 0 aromatic heterocycles. The zero-order chi connectivity index (χ0) is 14.8. The Morgan fingerprint density at radius 2 is 2.00 bits per heavy atom. The third kappa shape index (κ3) is 7.24. The number of carboxylic acid groups (broad SMARTS) is 1. The summed E-state index contributed by atoms with van der Waals surface area (Å²) in [5, 5.41) is 11.1.